The lowest BCUT2D eigenvalue weighted by atomic mass is 10.3. The third kappa shape index (κ3) is 6.59. The van der Waals surface area contributed by atoms with Gasteiger partial charge in [-0.15, -0.1) is 0 Å². The number of methoxy groups -OCH3 is 1. The molecule has 0 rings (SSSR count). The zero-order valence-electron chi connectivity index (χ0n) is 9.73. The van der Waals surface area contributed by atoms with Crippen LogP contribution in [0.15, 0.2) is 36.0 Å². The summed E-state index contributed by atoms with van der Waals surface area (Å²) >= 11 is 0. The van der Waals surface area contributed by atoms with Crippen LogP contribution in [-0.4, -0.2) is 25.7 Å². The van der Waals surface area contributed by atoms with Gasteiger partial charge in [0.25, 0.3) is 0 Å². The minimum atomic E-state index is -0.562. The molecule has 0 radical (unpaired) electrons. The fraction of sp³-hybridized carbons (Fsp3) is 0.333. The molecule has 0 aliphatic rings. The molecule has 0 spiro atoms. The molecular formula is C12H16O4. The number of hydrogen-bond donors (Lipinski definition) is 0. The predicted octanol–water partition coefficient (Wildman–Crippen LogP) is 1.78. The molecule has 0 unspecified atom stereocenters. The summed E-state index contributed by atoms with van der Waals surface area (Å²) in [5.41, 5.74) is 0.213. The lowest BCUT2D eigenvalue weighted by molar-refractivity contribution is -0.139. The Balaban J connectivity index is 4.04. The number of allylic oxidation sites excluding steroid dienone is 3. The maximum atomic E-state index is 11.1. The highest BCUT2D eigenvalue weighted by Gasteiger charge is 2.06. The van der Waals surface area contributed by atoms with Crippen molar-refractivity contribution in [3.05, 3.63) is 36.0 Å². The molecule has 0 saturated carbocycles. The van der Waals surface area contributed by atoms with E-state index in [-0.39, 0.29) is 12.2 Å². The van der Waals surface area contributed by atoms with Crippen molar-refractivity contribution in [3.63, 3.8) is 0 Å². The van der Waals surface area contributed by atoms with Crippen LogP contribution in [0.5, 0.6) is 0 Å². The van der Waals surface area contributed by atoms with E-state index in [9.17, 15) is 9.59 Å². The highest BCUT2D eigenvalue weighted by molar-refractivity contribution is 5.95. The van der Waals surface area contributed by atoms with Gasteiger partial charge >= 0.3 is 11.9 Å². The molecule has 0 aliphatic carbocycles. The topological polar surface area (TPSA) is 52.6 Å². The molecule has 0 aromatic rings. The minimum absolute atomic E-state index is 0.175. The summed E-state index contributed by atoms with van der Waals surface area (Å²) in [4.78, 5) is 22.1. The molecule has 0 bridgehead atoms. The summed E-state index contributed by atoms with van der Waals surface area (Å²) in [6, 6.07) is 0. The molecule has 0 atom stereocenters. The summed E-state index contributed by atoms with van der Waals surface area (Å²) in [5, 5.41) is 0. The molecule has 0 amide bonds. The quantitative estimate of drug-likeness (QED) is 0.406. The standard InChI is InChI=1S/C12H16O4/c1-4-5-6-7-8-16-11(13)9-10(2)12(14)15-3/h4-7,9H,8H2,1-3H3/b5-4+,7-6+,10-9+. The molecule has 4 nitrogen and oxygen atoms in total. The summed E-state index contributed by atoms with van der Waals surface area (Å²) in [6.07, 6.45) is 8.25. The van der Waals surface area contributed by atoms with E-state index in [0.717, 1.165) is 6.08 Å². The van der Waals surface area contributed by atoms with Gasteiger partial charge in [0.15, 0.2) is 0 Å². The Morgan fingerprint density at radius 2 is 1.94 bits per heavy atom. The normalized spacial score (nSPS) is 12.1. The third-order valence-corrected chi connectivity index (χ3v) is 1.60. The summed E-state index contributed by atoms with van der Waals surface area (Å²) in [7, 11) is 1.25. The average Bonchev–Trinajstić information content (AvgIpc) is 2.27. The number of hydrogen-bond acceptors (Lipinski definition) is 4. The van der Waals surface area contributed by atoms with Gasteiger partial charge in [0, 0.05) is 11.6 Å². The fourth-order valence-electron chi connectivity index (χ4n) is 0.814. The van der Waals surface area contributed by atoms with Crippen molar-refractivity contribution < 1.29 is 19.1 Å². The van der Waals surface area contributed by atoms with Gasteiger partial charge in [-0.1, -0.05) is 18.2 Å². The van der Waals surface area contributed by atoms with Crippen molar-refractivity contribution >= 4 is 11.9 Å². The molecule has 0 saturated heterocycles. The summed E-state index contributed by atoms with van der Waals surface area (Å²) < 4.78 is 9.24. The molecule has 0 fully saturated rings. The van der Waals surface area contributed by atoms with Crippen molar-refractivity contribution in [2.75, 3.05) is 13.7 Å². The first-order chi connectivity index (χ1) is 7.61. The number of carbonyl (C=O) groups is 2. The van der Waals surface area contributed by atoms with Crippen molar-refractivity contribution in [2.45, 2.75) is 13.8 Å². The first-order valence-corrected chi connectivity index (χ1v) is 4.83. The van der Waals surface area contributed by atoms with E-state index in [1.807, 2.05) is 19.1 Å². The van der Waals surface area contributed by atoms with Gasteiger partial charge in [0.2, 0.25) is 0 Å². The number of esters is 2. The Kier molecular flexibility index (Phi) is 7.49. The van der Waals surface area contributed by atoms with Crippen molar-refractivity contribution in [3.8, 4) is 0 Å². The van der Waals surface area contributed by atoms with Gasteiger partial charge < -0.3 is 9.47 Å². The second-order valence-electron chi connectivity index (χ2n) is 2.90. The highest BCUT2D eigenvalue weighted by Crippen LogP contribution is 1.96. The largest absolute Gasteiger partial charge is 0.466 e. The van der Waals surface area contributed by atoms with E-state index < -0.39 is 11.9 Å². The molecular weight excluding hydrogens is 208 g/mol. The predicted molar refractivity (Wildman–Crippen MR) is 60.7 cm³/mol. The molecule has 16 heavy (non-hydrogen) atoms. The van der Waals surface area contributed by atoms with Crippen LogP contribution < -0.4 is 0 Å². The minimum Gasteiger partial charge on any atom is -0.466 e. The Morgan fingerprint density at radius 1 is 1.25 bits per heavy atom. The van der Waals surface area contributed by atoms with Gasteiger partial charge in [0.05, 0.1) is 7.11 Å². The summed E-state index contributed by atoms with van der Waals surface area (Å²) in [6.45, 7) is 3.55. The zero-order chi connectivity index (χ0) is 12.4. The van der Waals surface area contributed by atoms with Crippen LogP contribution in [0.25, 0.3) is 0 Å². The summed E-state index contributed by atoms with van der Waals surface area (Å²) in [5.74, 6) is -1.10. The highest BCUT2D eigenvalue weighted by atomic mass is 16.5. The fourth-order valence-corrected chi connectivity index (χ4v) is 0.814. The van der Waals surface area contributed by atoms with Crippen LogP contribution in [0, 0.1) is 0 Å². The van der Waals surface area contributed by atoms with E-state index in [2.05, 4.69) is 4.74 Å². The first kappa shape index (κ1) is 14.2. The van der Waals surface area contributed by atoms with Crippen LogP contribution in [0.1, 0.15) is 13.8 Å². The van der Waals surface area contributed by atoms with Gasteiger partial charge in [0.1, 0.15) is 6.61 Å². The SMILES string of the molecule is C/C=C/C=C/COC(=O)/C=C(\C)C(=O)OC. The molecule has 0 aromatic heterocycles. The number of ether oxygens (including phenoxy) is 2. The molecule has 0 aromatic carbocycles. The monoisotopic (exact) mass is 224 g/mol. The van der Waals surface area contributed by atoms with Gasteiger partial charge in [-0.05, 0) is 19.9 Å². The van der Waals surface area contributed by atoms with E-state index in [4.69, 9.17) is 4.74 Å². The first-order valence-electron chi connectivity index (χ1n) is 4.83. The van der Waals surface area contributed by atoms with E-state index in [1.54, 1.807) is 12.2 Å². The van der Waals surface area contributed by atoms with Gasteiger partial charge in [-0.2, -0.15) is 0 Å². The van der Waals surface area contributed by atoms with Crippen LogP contribution >= 0.6 is 0 Å². The number of rotatable bonds is 5. The molecule has 0 aliphatic heterocycles. The van der Waals surface area contributed by atoms with Crippen molar-refractivity contribution in [2.24, 2.45) is 0 Å². The molecule has 0 N–H and O–H groups in total. The third-order valence-electron chi connectivity index (χ3n) is 1.60. The molecule has 4 heteroatoms. The van der Waals surface area contributed by atoms with Crippen LogP contribution in [0.4, 0.5) is 0 Å². The zero-order valence-corrected chi connectivity index (χ0v) is 9.73. The Hall–Kier alpha value is -1.84. The second kappa shape index (κ2) is 8.47. The van der Waals surface area contributed by atoms with Crippen LogP contribution in [-0.2, 0) is 19.1 Å². The van der Waals surface area contributed by atoms with Crippen molar-refractivity contribution in [1.82, 2.24) is 0 Å². The maximum absolute atomic E-state index is 11.1. The second-order valence-corrected chi connectivity index (χ2v) is 2.90. The van der Waals surface area contributed by atoms with E-state index >= 15 is 0 Å². The lowest BCUT2D eigenvalue weighted by Crippen LogP contribution is -2.07. The molecule has 0 heterocycles. The Morgan fingerprint density at radius 3 is 2.50 bits per heavy atom. The lowest BCUT2D eigenvalue weighted by Gasteiger charge is -1.99. The van der Waals surface area contributed by atoms with Gasteiger partial charge in [-0.3, -0.25) is 0 Å². The maximum Gasteiger partial charge on any atom is 0.333 e. The molecule has 88 valence electrons. The Bertz CT molecular complexity index is 324. The van der Waals surface area contributed by atoms with E-state index in [0.29, 0.717) is 0 Å². The van der Waals surface area contributed by atoms with Crippen LogP contribution in [0.2, 0.25) is 0 Å². The Labute approximate surface area is 95.2 Å². The number of carbonyl (C=O) groups excluding carboxylic acids is 2. The smallest absolute Gasteiger partial charge is 0.333 e. The van der Waals surface area contributed by atoms with E-state index in [1.165, 1.54) is 14.0 Å². The van der Waals surface area contributed by atoms with Crippen LogP contribution in [0.3, 0.4) is 0 Å². The van der Waals surface area contributed by atoms with Crippen molar-refractivity contribution in [1.29, 1.82) is 0 Å². The van der Waals surface area contributed by atoms with Gasteiger partial charge in [-0.25, -0.2) is 9.59 Å². The average molecular weight is 224 g/mol.